The number of hydrogen-bond donors (Lipinski definition) is 1. The van der Waals surface area contributed by atoms with Crippen molar-refractivity contribution in [2.24, 2.45) is 29.6 Å². The lowest BCUT2D eigenvalue weighted by atomic mass is 9.64. The normalized spacial score (nSPS) is 25.1. The minimum atomic E-state index is -8.69. The number of alkyl halides is 32. The van der Waals surface area contributed by atoms with E-state index in [-0.39, 0.29) is 17.2 Å². The highest BCUT2D eigenvalue weighted by Gasteiger charge is 2.96. The maximum Gasteiger partial charge on any atom is 0.460 e. The first-order valence-electron chi connectivity index (χ1n) is 29.6. The molecule has 2 aromatic carbocycles. The lowest BCUT2D eigenvalue weighted by molar-refractivity contribution is -0.463. The van der Waals surface area contributed by atoms with Crippen LogP contribution in [0.1, 0.15) is 171 Å². The van der Waals surface area contributed by atoms with Crippen LogP contribution in [0.4, 0.5) is 140 Å². The number of esters is 1. The highest BCUT2D eigenvalue weighted by atomic mass is 19.4. The maximum atomic E-state index is 14.9. The Morgan fingerprint density at radius 2 is 0.663 bits per heavy atom. The van der Waals surface area contributed by atoms with E-state index in [0.29, 0.717) is 17.8 Å². The van der Waals surface area contributed by atoms with Gasteiger partial charge in [0, 0.05) is 11.8 Å². The van der Waals surface area contributed by atoms with Gasteiger partial charge in [-0.25, -0.2) is 0 Å². The molecule has 0 amide bonds. The third kappa shape index (κ3) is 14.0. The van der Waals surface area contributed by atoms with Crippen LogP contribution in [-0.4, -0.2) is 106 Å². The number of hydrogen-bond acceptors (Lipinski definition) is 3. The third-order valence-corrected chi connectivity index (χ3v) is 19.0. The number of aliphatic carboxylic acids is 1. The molecule has 0 aromatic heterocycles. The van der Waals surface area contributed by atoms with Crippen LogP contribution in [0.3, 0.4) is 0 Å². The molecule has 0 heterocycles. The van der Waals surface area contributed by atoms with E-state index in [4.69, 9.17) is 4.74 Å². The van der Waals surface area contributed by atoms with Crippen LogP contribution in [0, 0.1) is 29.6 Å². The van der Waals surface area contributed by atoms with E-state index in [0.717, 1.165) is 88.2 Å². The molecule has 0 spiro atoms. The van der Waals surface area contributed by atoms with Crippen molar-refractivity contribution in [1.82, 2.24) is 0 Å². The first-order valence-corrected chi connectivity index (χ1v) is 29.6. The van der Waals surface area contributed by atoms with Gasteiger partial charge < -0.3 is 9.84 Å². The van der Waals surface area contributed by atoms with Gasteiger partial charge in [-0.2, -0.15) is 140 Å². The summed E-state index contributed by atoms with van der Waals surface area (Å²) in [7, 11) is 0. The second-order valence-electron chi connectivity index (χ2n) is 24.9. The average Bonchev–Trinajstić information content (AvgIpc) is 0.701. The van der Waals surface area contributed by atoms with Gasteiger partial charge in [0.05, 0.1) is 11.3 Å². The number of carboxylic acid groups (broad SMARTS) is 1. The molecule has 546 valence electrons. The summed E-state index contributed by atoms with van der Waals surface area (Å²) in [6.07, 6.45) is -12.4. The highest BCUT2D eigenvalue weighted by Crippen LogP contribution is 2.67. The van der Waals surface area contributed by atoms with Gasteiger partial charge in [0.15, 0.2) is 0 Å². The number of carboxylic acids is 1. The second kappa shape index (κ2) is 27.3. The van der Waals surface area contributed by atoms with Crippen LogP contribution in [0.5, 0.6) is 5.75 Å². The van der Waals surface area contributed by atoms with E-state index < -0.39 is 176 Å². The van der Waals surface area contributed by atoms with Gasteiger partial charge >= 0.3 is 101 Å². The van der Waals surface area contributed by atoms with Crippen molar-refractivity contribution in [2.75, 3.05) is 0 Å². The van der Waals surface area contributed by atoms with E-state index in [2.05, 4.69) is 13.8 Å². The van der Waals surface area contributed by atoms with Crippen LogP contribution >= 0.6 is 0 Å². The molecule has 95 heavy (non-hydrogen) atoms. The molecule has 0 unspecified atom stereocenters. The Kier molecular flexibility index (Phi) is 23.3. The molecule has 0 bridgehead atoms. The number of benzene rings is 2. The highest BCUT2D eigenvalue weighted by molar-refractivity contribution is 5.81. The predicted molar refractivity (Wildman–Crippen MR) is 271 cm³/mol. The summed E-state index contributed by atoms with van der Waals surface area (Å²) in [5.41, 5.74) is -0.316. The van der Waals surface area contributed by atoms with Crippen LogP contribution in [0.2, 0.25) is 0 Å². The zero-order valence-electron chi connectivity index (χ0n) is 49.6. The van der Waals surface area contributed by atoms with E-state index in [1.54, 1.807) is 24.3 Å². The molecule has 36 heteroatoms. The van der Waals surface area contributed by atoms with E-state index >= 15 is 0 Å². The van der Waals surface area contributed by atoms with Crippen LogP contribution in [0.25, 0.3) is 0 Å². The van der Waals surface area contributed by atoms with E-state index in [1.165, 1.54) is 24.3 Å². The number of ether oxygens (including phenoxy) is 1. The van der Waals surface area contributed by atoms with Crippen molar-refractivity contribution in [2.45, 2.75) is 249 Å². The van der Waals surface area contributed by atoms with Gasteiger partial charge in [-0.1, -0.05) is 75.9 Å². The smallest absolute Gasteiger partial charge is 0.460 e. The number of carbonyl (C=O) groups is 2. The van der Waals surface area contributed by atoms with Crippen LogP contribution in [0.15, 0.2) is 48.5 Å². The standard InChI is InChI=1S/C30H31F17O2.C29H31F15O2/c1-2-3-16-4-6-17(7-5-16)18-8-10-19(11-9-18)22(21(48)49)14-12-20(13-15-22)23(31,32)24(33,34)25(35,36)26(37,38)27(39,40)28(41,42)29(43,44)30(45,46)47;1-2-3-16-4-6-17(7-5-16)18-10-14-21(15-11-18)46-22(45)19-8-12-20(13-9-19)23(30,31)24(32,33)25(34,35)26(36,37)27(38,39)28(40,41)29(42,43)44/h8-11,16-17,20H,2-7,12-15H2,1H3,(H,48,49);10-11,14-17,19-20H,2-9,12-13H2,1H3/t16?,17?,20-,22-;. The SMILES string of the molecule is CCCC1CCC(c2ccc(OC(=O)C3CCC(C(F)(F)C(F)(F)C(F)(F)C(F)(F)C(F)(F)C(F)(F)C(F)(F)F)CC3)cc2)CC1.CCCC1CCC(c2ccc([C@]3(C(=O)O)CC[C@H](C(F)(F)C(F)(F)C(F)(F)C(F)(F)C(F)(F)C(F)(F)C(F)(F)C(F)(F)F)CC3)cc2)CC1. The molecule has 4 aliphatic carbocycles. The lowest BCUT2D eigenvalue weighted by Crippen LogP contribution is -2.75. The Morgan fingerprint density at radius 3 is 0.958 bits per heavy atom. The molecule has 4 fully saturated rings. The zero-order valence-corrected chi connectivity index (χ0v) is 49.6. The predicted octanol–water partition coefficient (Wildman–Crippen LogP) is 22.1. The van der Waals surface area contributed by atoms with E-state index in [9.17, 15) is 155 Å². The lowest BCUT2D eigenvalue weighted by Gasteiger charge is -2.46. The number of rotatable bonds is 23. The Hall–Kier alpha value is -4.86. The molecule has 0 atom stereocenters. The van der Waals surface area contributed by atoms with Crippen molar-refractivity contribution < 1.29 is 160 Å². The fraction of sp³-hybridized carbons (Fsp3) is 0.763. The summed E-state index contributed by atoms with van der Waals surface area (Å²) in [5.74, 6) is -112. The van der Waals surface area contributed by atoms with Gasteiger partial charge in [0.25, 0.3) is 0 Å². The summed E-state index contributed by atoms with van der Waals surface area (Å²) in [5, 5.41) is 9.96. The molecule has 2 aromatic rings. The summed E-state index contributed by atoms with van der Waals surface area (Å²) >= 11 is 0. The van der Waals surface area contributed by atoms with Crippen molar-refractivity contribution in [3.8, 4) is 5.75 Å². The van der Waals surface area contributed by atoms with Gasteiger partial charge in [0.1, 0.15) is 5.75 Å². The maximum absolute atomic E-state index is 14.9. The third-order valence-electron chi connectivity index (χ3n) is 19.0. The second-order valence-corrected chi connectivity index (χ2v) is 24.9. The summed E-state index contributed by atoms with van der Waals surface area (Å²) in [4.78, 5) is 24.9. The number of halogens is 32. The summed E-state index contributed by atoms with van der Waals surface area (Å²) in [6, 6.07) is 12.2. The minimum Gasteiger partial charge on any atom is -0.481 e. The minimum absolute atomic E-state index is 0.0266. The van der Waals surface area contributed by atoms with Crippen LogP contribution in [-0.2, 0) is 15.0 Å². The topological polar surface area (TPSA) is 63.6 Å². The van der Waals surface area contributed by atoms with Gasteiger partial charge in [0.2, 0.25) is 0 Å². The molecule has 4 aliphatic rings. The summed E-state index contributed by atoms with van der Waals surface area (Å²) in [6.45, 7) is 4.17. The Labute approximate surface area is 520 Å². The van der Waals surface area contributed by atoms with E-state index in [1.807, 2.05) is 0 Å². The van der Waals surface area contributed by atoms with Gasteiger partial charge in [-0.15, -0.1) is 0 Å². The molecule has 0 aliphatic heterocycles. The molecular formula is C59H62F32O4. The average molecular weight is 1440 g/mol. The van der Waals surface area contributed by atoms with Crippen molar-refractivity contribution in [3.63, 3.8) is 0 Å². The fourth-order valence-electron chi connectivity index (χ4n) is 12.9. The molecule has 6 rings (SSSR count). The zero-order chi connectivity index (χ0) is 73.0. The largest absolute Gasteiger partial charge is 0.481 e. The Morgan fingerprint density at radius 1 is 0.379 bits per heavy atom. The van der Waals surface area contributed by atoms with Crippen LogP contribution < -0.4 is 4.74 Å². The monoisotopic (exact) mass is 1440 g/mol. The van der Waals surface area contributed by atoms with Gasteiger partial charge in [-0.3, -0.25) is 9.59 Å². The van der Waals surface area contributed by atoms with Crippen molar-refractivity contribution in [3.05, 3.63) is 65.2 Å². The molecule has 4 nitrogen and oxygen atoms in total. The number of carbonyl (C=O) groups excluding carboxylic acids is 1. The Bertz CT molecular complexity index is 2870. The molecule has 0 radical (unpaired) electrons. The summed E-state index contributed by atoms with van der Waals surface area (Å²) < 4.78 is 442. The molecule has 0 saturated heterocycles. The van der Waals surface area contributed by atoms with Gasteiger partial charge in [-0.05, 0) is 155 Å². The first kappa shape index (κ1) is 80.8. The van der Waals surface area contributed by atoms with Crippen molar-refractivity contribution in [1.29, 1.82) is 0 Å². The molecule has 1 N–H and O–H groups in total. The molecule has 4 saturated carbocycles. The Balaban J connectivity index is 0.000000345. The quantitative estimate of drug-likeness (QED) is 0.0684. The first-order chi connectivity index (χ1) is 42.9. The van der Waals surface area contributed by atoms with Crippen molar-refractivity contribution >= 4 is 11.9 Å². The fourth-order valence-corrected chi connectivity index (χ4v) is 12.9. The molecular weight excluding hydrogens is 1380 g/mol.